The molecule has 1 aromatic rings. The second-order valence-electron chi connectivity index (χ2n) is 4.52. The van der Waals surface area contributed by atoms with Crippen LogP contribution in [0.15, 0.2) is 29.2 Å². The average molecular weight is 251 g/mol. The molecule has 0 aliphatic carbocycles. The van der Waals surface area contributed by atoms with Crippen molar-refractivity contribution in [3.05, 3.63) is 29.8 Å². The summed E-state index contributed by atoms with van der Waals surface area (Å²) in [4.78, 5) is 0.212. The molecule has 0 radical (unpaired) electrons. The van der Waals surface area contributed by atoms with E-state index < -0.39 is 14.6 Å². The van der Waals surface area contributed by atoms with Crippen molar-refractivity contribution in [2.75, 3.05) is 0 Å². The summed E-state index contributed by atoms with van der Waals surface area (Å²) in [6, 6.07) is 8.62. The second-order valence-corrected chi connectivity index (χ2v) is 7.02. The van der Waals surface area contributed by atoms with E-state index in [9.17, 15) is 8.42 Å². The van der Waals surface area contributed by atoms with Crippen molar-refractivity contribution in [3.8, 4) is 6.07 Å². The Kier molecular flexibility index (Phi) is 3.94. The van der Waals surface area contributed by atoms with Crippen LogP contribution in [0.5, 0.6) is 0 Å². The monoisotopic (exact) mass is 251 g/mol. The van der Waals surface area contributed by atoms with Gasteiger partial charge >= 0.3 is 0 Å². The van der Waals surface area contributed by atoms with Crippen LogP contribution in [0.1, 0.15) is 32.8 Å². The number of nitrogens with zero attached hydrogens (tertiary/aromatic N) is 1. The average Bonchev–Trinajstić information content (AvgIpc) is 2.30. The van der Waals surface area contributed by atoms with Gasteiger partial charge in [-0.3, -0.25) is 0 Å². The lowest BCUT2D eigenvalue weighted by Crippen LogP contribution is -2.29. The van der Waals surface area contributed by atoms with Crippen molar-refractivity contribution in [3.63, 3.8) is 0 Å². The Bertz CT molecular complexity index is 522. The largest absolute Gasteiger partial charge is 0.222 e. The van der Waals surface area contributed by atoms with Gasteiger partial charge in [-0.1, -0.05) is 25.5 Å². The van der Waals surface area contributed by atoms with Gasteiger partial charge in [0.25, 0.3) is 0 Å². The molecule has 0 saturated heterocycles. The molecule has 92 valence electrons. The minimum absolute atomic E-state index is 0.212. The Morgan fingerprint density at radius 1 is 1.24 bits per heavy atom. The molecular formula is C13H17NO2S. The Balaban J connectivity index is 3.15. The van der Waals surface area contributed by atoms with Gasteiger partial charge in [0.05, 0.1) is 11.0 Å². The quantitative estimate of drug-likeness (QED) is 0.826. The molecule has 0 N–H and O–H groups in total. The molecule has 0 saturated carbocycles. The smallest absolute Gasteiger partial charge is 0.196 e. The van der Waals surface area contributed by atoms with Crippen molar-refractivity contribution >= 4 is 9.84 Å². The van der Waals surface area contributed by atoms with Crippen LogP contribution in [0, 0.1) is 11.3 Å². The van der Waals surface area contributed by atoms with E-state index in [1.54, 1.807) is 12.1 Å². The summed E-state index contributed by atoms with van der Waals surface area (Å²) in [5, 5.41) is 8.90. The lowest BCUT2D eigenvalue weighted by Gasteiger charge is -2.16. The van der Waals surface area contributed by atoms with Crippen LogP contribution < -0.4 is 0 Å². The van der Waals surface area contributed by atoms with Gasteiger partial charge in [-0.15, -0.1) is 0 Å². The van der Waals surface area contributed by atoms with E-state index in [0.717, 1.165) is 18.4 Å². The number of sulfone groups is 1. The van der Waals surface area contributed by atoms with E-state index in [1.807, 2.05) is 18.2 Å². The molecule has 3 nitrogen and oxygen atoms in total. The molecule has 0 aromatic heterocycles. The molecule has 4 heteroatoms. The van der Waals surface area contributed by atoms with Crippen LogP contribution in [0.3, 0.4) is 0 Å². The molecule has 0 atom stereocenters. The standard InChI is InChI=1S/C13H17NO2S/c1-4-5-11-6-8-12(9-7-11)17(15,16)13(2,3)10-14/h6-9H,4-5H2,1-3H3. The lowest BCUT2D eigenvalue weighted by atomic mass is 10.1. The highest BCUT2D eigenvalue weighted by Crippen LogP contribution is 2.25. The fraction of sp³-hybridized carbons (Fsp3) is 0.462. The molecule has 1 rings (SSSR count). The molecule has 0 fully saturated rings. The first kappa shape index (κ1) is 13.7. The lowest BCUT2D eigenvalue weighted by molar-refractivity contribution is 0.574. The van der Waals surface area contributed by atoms with Crippen molar-refractivity contribution in [2.24, 2.45) is 0 Å². The number of nitriles is 1. The number of hydrogen-bond donors (Lipinski definition) is 0. The highest BCUT2D eigenvalue weighted by atomic mass is 32.2. The number of rotatable bonds is 4. The van der Waals surface area contributed by atoms with E-state index >= 15 is 0 Å². The molecule has 0 spiro atoms. The third-order valence-electron chi connectivity index (χ3n) is 2.71. The zero-order valence-electron chi connectivity index (χ0n) is 10.4. The third-order valence-corrected chi connectivity index (χ3v) is 5.04. The third kappa shape index (κ3) is 2.67. The molecule has 0 amide bonds. The van der Waals surface area contributed by atoms with Gasteiger partial charge in [-0.2, -0.15) is 5.26 Å². The molecule has 17 heavy (non-hydrogen) atoms. The number of aryl methyl sites for hydroxylation is 1. The van der Waals surface area contributed by atoms with Crippen LogP contribution in [0.4, 0.5) is 0 Å². The van der Waals surface area contributed by atoms with Gasteiger partial charge in [0, 0.05) is 0 Å². The summed E-state index contributed by atoms with van der Waals surface area (Å²) in [6.45, 7) is 4.91. The molecule has 1 aromatic carbocycles. The highest BCUT2D eigenvalue weighted by Gasteiger charge is 2.35. The maximum atomic E-state index is 12.1. The Hall–Kier alpha value is -1.34. The molecule has 0 bridgehead atoms. The molecule has 0 unspecified atom stereocenters. The van der Waals surface area contributed by atoms with E-state index in [4.69, 9.17) is 5.26 Å². The Morgan fingerprint density at radius 3 is 2.18 bits per heavy atom. The summed E-state index contributed by atoms with van der Waals surface area (Å²) in [5.41, 5.74) is 1.11. The van der Waals surface area contributed by atoms with Gasteiger partial charge in [0.1, 0.15) is 0 Å². The Morgan fingerprint density at radius 2 is 1.76 bits per heavy atom. The van der Waals surface area contributed by atoms with Crippen LogP contribution >= 0.6 is 0 Å². The van der Waals surface area contributed by atoms with Gasteiger partial charge in [-0.25, -0.2) is 8.42 Å². The van der Waals surface area contributed by atoms with Crippen molar-refractivity contribution in [1.82, 2.24) is 0 Å². The van der Waals surface area contributed by atoms with Crippen LogP contribution in [0.25, 0.3) is 0 Å². The predicted octanol–water partition coefficient (Wildman–Crippen LogP) is 2.71. The Labute approximate surface area is 103 Å². The fourth-order valence-electron chi connectivity index (χ4n) is 1.48. The van der Waals surface area contributed by atoms with E-state index in [1.165, 1.54) is 13.8 Å². The van der Waals surface area contributed by atoms with Crippen molar-refractivity contribution in [1.29, 1.82) is 5.26 Å². The SMILES string of the molecule is CCCc1ccc(S(=O)(=O)C(C)(C)C#N)cc1. The molecule has 0 heterocycles. The molecule has 0 aliphatic rings. The first-order chi connectivity index (χ1) is 7.85. The highest BCUT2D eigenvalue weighted by molar-refractivity contribution is 7.93. The maximum absolute atomic E-state index is 12.1. The summed E-state index contributed by atoms with van der Waals surface area (Å²) >= 11 is 0. The maximum Gasteiger partial charge on any atom is 0.196 e. The topological polar surface area (TPSA) is 57.9 Å². The van der Waals surface area contributed by atoms with Crippen LogP contribution in [-0.4, -0.2) is 13.2 Å². The van der Waals surface area contributed by atoms with Crippen LogP contribution in [0.2, 0.25) is 0 Å². The van der Waals surface area contributed by atoms with E-state index in [2.05, 4.69) is 6.92 Å². The second kappa shape index (κ2) is 4.89. The zero-order valence-corrected chi connectivity index (χ0v) is 11.2. The van der Waals surface area contributed by atoms with E-state index in [0.29, 0.717) is 0 Å². The fourth-order valence-corrected chi connectivity index (χ4v) is 2.68. The van der Waals surface area contributed by atoms with Crippen LogP contribution in [-0.2, 0) is 16.3 Å². The van der Waals surface area contributed by atoms with Gasteiger partial charge in [0.15, 0.2) is 14.6 Å². The minimum atomic E-state index is -3.58. The summed E-state index contributed by atoms with van der Waals surface area (Å²) < 4.78 is 22.9. The van der Waals surface area contributed by atoms with Crippen molar-refractivity contribution in [2.45, 2.75) is 43.3 Å². The predicted molar refractivity (Wildman–Crippen MR) is 67.3 cm³/mol. The summed E-state index contributed by atoms with van der Waals surface area (Å²) in [7, 11) is -3.58. The van der Waals surface area contributed by atoms with E-state index in [-0.39, 0.29) is 4.90 Å². The summed E-state index contributed by atoms with van der Waals surface area (Å²) in [6.07, 6.45) is 1.96. The van der Waals surface area contributed by atoms with Gasteiger partial charge < -0.3 is 0 Å². The zero-order chi connectivity index (χ0) is 13.1. The summed E-state index contributed by atoms with van der Waals surface area (Å²) in [5.74, 6) is 0. The molecule has 0 aliphatic heterocycles. The number of hydrogen-bond acceptors (Lipinski definition) is 3. The number of benzene rings is 1. The normalized spacial score (nSPS) is 12.1. The minimum Gasteiger partial charge on any atom is -0.222 e. The first-order valence-electron chi connectivity index (χ1n) is 5.60. The van der Waals surface area contributed by atoms with Gasteiger partial charge in [-0.05, 0) is 38.0 Å². The molecular weight excluding hydrogens is 234 g/mol. The van der Waals surface area contributed by atoms with Gasteiger partial charge in [0.2, 0.25) is 0 Å². The first-order valence-corrected chi connectivity index (χ1v) is 7.08. The van der Waals surface area contributed by atoms with Crippen molar-refractivity contribution < 1.29 is 8.42 Å².